The predicted octanol–water partition coefficient (Wildman–Crippen LogP) is 10.3. The van der Waals surface area contributed by atoms with Crippen LogP contribution >= 0.6 is 0 Å². The standard InChI is InChI=1S/C37H34N2/c1-25(2)32-23-31(29-21-19-28(20-22-29)27-13-7-5-8-14-27)24-33(26(3)4)36(32)39-35-18-12-11-17-34(35)38-37(39)30-15-9-6-10-16-30/h5-26H,1-4H3. The van der Waals surface area contributed by atoms with Crippen molar-refractivity contribution in [2.24, 2.45) is 0 Å². The molecule has 192 valence electrons. The van der Waals surface area contributed by atoms with Crippen LogP contribution in [0.15, 0.2) is 121 Å². The summed E-state index contributed by atoms with van der Waals surface area (Å²) in [5.74, 6) is 1.66. The molecule has 0 bridgehead atoms. The van der Waals surface area contributed by atoms with E-state index in [0.717, 1.165) is 22.4 Å². The molecule has 1 aromatic heterocycles. The summed E-state index contributed by atoms with van der Waals surface area (Å²) >= 11 is 0. The SMILES string of the molecule is CC(C)c1cc(-c2ccc(-c3ccccc3)cc2)cc(C(C)C)c1-n1c(-c2ccccc2)nc2ccccc21. The van der Waals surface area contributed by atoms with Gasteiger partial charge < -0.3 is 0 Å². The van der Waals surface area contributed by atoms with Gasteiger partial charge >= 0.3 is 0 Å². The van der Waals surface area contributed by atoms with Crippen LogP contribution < -0.4 is 0 Å². The second-order valence-electron chi connectivity index (χ2n) is 10.9. The zero-order chi connectivity index (χ0) is 26.9. The summed E-state index contributed by atoms with van der Waals surface area (Å²) in [5, 5.41) is 0. The van der Waals surface area contributed by atoms with Gasteiger partial charge in [0.05, 0.1) is 16.7 Å². The zero-order valence-electron chi connectivity index (χ0n) is 23.1. The molecule has 6 rings (SSSR count). The van der Waals surface area contributed by atoms with Crippen LogP contribution in [0.2, 0.25) is 0 Å². The molecule has 0 N–H and O–H groups in total. The minimum absolute atomic E-state index is 0.339. The molecule has 0 aliphatic rings. The van der Waals surface area contributed by atoms with Crippen LogP contribution in [0.25, 0.3) is 50.4 Å². The Morgan fingerprint density at radius 2 is 0.949 bits per heavy atom. The van der Waals surface area contributed by atoms with Gasteiger partial charge in [0.25, 0.3) is 0 Å². The van der Waals surface area contributed by atoms with Crippen LogP contribution in [-0.2, 0) is 0 Å². The number of nitrogens with zero attached hydrogens (tertiary/aromatic N) is 2. The van der Waals surface area contributed by atoms with E-state index in [-0.39, 0.29) is 0 Å². The molecule has 0 saturated carbocycles. The van der Waals surface area contributed by atoms with Gasteiger partial charge in [0, 0.05) is 5.56 Å². The Hall–Kier alpha value is -4.43. The third-order valence-electron chi connectivity index (χ3n) is 7.55. The maximum Gasteiger partial charge on any atom is 0.145 e. The van der Waals surface area contributed by atoms with E-state index in [1.165, 1.54) is 39.1 Å². The second kappa shape index (κ2) is 10.4. The fourth-order valence-electron chi connectivity index (χ4n) is 5.50. The molecule has 5 aromatic carbocycles. The smallest absolute Gasteiger partial charge is 0.145 e. The Labute approximate surface area is 231 Å². The van der Waals surface area contributed by atoms with Gasteiger partial charge in [-0.15, -0.1) is 0 Å². The molecule has 0 aliphatic heterocycles. The van der Waals surface area contributed by atoms with Gasteiger partial charge in [-0.2, -0.15) is 0 Å². The van der Waals surface area contributed by atoms with Gasteiger partial charge in [-0.1, -0.05) is 125 Å². The highest BCUT2D eigenvalue weighted by atomic mass is 15.1. The Morgan fingerprint density at radius 1 is 0.487 bits per heavy atom. The number of aromatic nitrogens is 2. The summed E-state index contributed by atoms with van der Waals surface area (Å²) < 4.78 is 2.40. The minimum atomic E-state index is 0.339. The maximum atomic E-state index is 5.14. The first-order valence-electron chi connectivity index (χ1n) is 13.9. The molecule has 6 aromatic rings. The molecular formula is C37H34N2. The van der Waals surface area contributed by atoms with Crippen LogP contribution in [0.1, 0.15) is 50.7 Å². The van der Waals surface area contributed by atoms with Crippen LogP contribution in [0.3, 0.4) is 0 Å². The number of hydrogen-bond acceptors (Lipinski definition) is 1. The van der Waals surface area contributed by atoms with Crippen molar-refractivity contribution in [1.29, 1.82) is 0 Å². The van der Waals surface area contributed by atoms with Gasteiger partial charge in [-0.3, -0.25) is 4.57 Å². The summed E-state index contributed by atoms with van der Waals surface area (Å²) in [6.07, 6.45) is 0. The van der Waals surface area contributed by atoms with E-state index in [0.29, 0.717) is 11.8 Å². The highest BCUT2D eigenvalue weighted by Crippen LogP contribution is 2.40. The lowest BCUT2D eigenvalue weighted by Crippen LogP contribution is -2.09. The van der Waals surface area contributed by atoms with E-state index in [9.17, 15) is 0 Å². The summed E-state index contributed by atoms with van der Waals surface area (Å²) in [6.45, 7) is 9.19. The first kappa shape index (κ1) is 24.9. The summed E-state index contributed by atoms with van der Waals surface area (Å²) in [5.41, 5.74) is 12.2. The summed E-state index contributed by atoms with van der Waals surface area (Å²) in [6, 6.07) is 43.4. The third-order valence-corrected chi connectivity index (χ3v) is 7.55. The van der Waals surface area contributed by atoms with Gasteiger partial charge in [0.15, 0.2) is 0 Å². The van der Waals surface area contributed by atoms with Crippen molar-refractivity contribution in [3.63, 3.8) is 0 Å². The Bertz CT molecular complexity index is 1700. The van der Waals surface area contributed by atoms with Crippen molar-refractivity contribution in [3.05, 3.63) is 132 Å². The molecule has 39 heavy (non-hydrogen) atoms. The van der Waals surface area contributed by atoms with Crippen molar-refractivity contribution in [1.82, 2.24) is 9.55 Å². The molecule has 0 saturated heterocycles. The average Bonchev–Trinajstić information content (AvgIpc) is 3.37. The number of hydrogen-bond donors (Lipinski definition) is 0. The maximum absolute atomic E-state index is 5.14. The minimum Gasteiger partial charge on any atom is -0.292 e. The predicted molar refractivity (Wildman–Crippen MR) is 166 cm³/mol. The molecule has 2 heteroatoms. The van der Waals surface area contributed by atoms with E-state index in [1.807, 2.05) is 0 Å². The molecule has 1 heterocycles. The highest BCUT2D eigenvalue weighted by molar-refractivity contribution is 5.85. The lowest BCUT2D eigenvalue weighted by atomic mass is 9.87. The molecule has 0 fully saturated rings. The lowest BCUT2D eigenvalue weighted by molar-refractivity contribution is 0.811. The molecule has 0 unspecified atom stereocenters. The van der Waals surface area contributed by atoms with Crippen LogP contribution in [0, 0.1) is 0 Å². The molecule has 0 aliphatic carbocycles. The third kappa shape index (κ3) is 4.68. The van der Waals surface area contributed by atoms with Crippen LogP contribution in [-0.4, -0.2) is 9.55 Å². The number of rotatable bonds is 6. The Balaban J connectivity index is 1.58. The molecule has 0 amide bonds. The van der Waals surface area contributed by atoms with Gasteiger partial charge in [-0.05, 0) is 69.5 Å². The highest BCUT2D eigenvalue weighted by Gasteiger charge is 2.23. The van der Waals surface area contributed by atoms with E-state index >= 15 is 0 Å². The van der Waals surface area contributed by atoms with Crippen molar-refractivity contribution >= 4 is 11.0 Å². The van der Waals surface area contributed by atoms with Crippen molar-refractivity contribution in [3.8, 4) is 39.3 Å². The molecule has 0 radical (unpaired) electrons. The fraction of sp³-hybridized carbons (Fsp3) is 0.162. The van der Waals surface area contributed by atoms with E-state index in [4.69, 9.17) is 4.98 Å². The van der Waals surface area contributed by atoms with Gasteiger partial charge in [0.1, 0.15) is 5.82 Å². The Kier molecular flexibility index (Phi) is 6.62. The van der Waals surface area contributed by atoms with Crippen molar-refractivity contribution in [2.45, 2.75) is 39.5 Å². The van der Waals surface area contributed by atoms with E-state index in [2.05, 4.69) is 154 Å². The largest absolute Gasteiger partial charge is 0.292 e. The van der Waals surface area contributed by atoms with Crippen molar-refractivity contribution in [2.75, 3.05) is 0 Å². The fourth-order valence-corrected chi connectivity index (χ4v) is 5.50. The molecule has 0 spiro atoms. The first-order valence-corrected chi connectivity index (χ1v) is 13.9. The molecule has 2 nitrogen and oxygen atoms in total. The van der Waals surface area contributed by atoms with Gasteiger partial charge in [-0.25, -0.2) is 4.98 Å². The Morgan fingerprint density at radius 3 is 1.51 bits per heavy atom. The first-order chi connectivity index (χ1) is 19.0. The summed E-state index contributed by atoms with van der Waals surface area (Å²) in [4.78, 5) is 5.14. The molecular weight excluding hydrogens is 472 g/mol. The van der Waals surface area contributed by atoms with E-state index in [1.54, 1.807) is 0 Å². The quantitative estimate of drug-likeness (QED) is 0.220. The van der Waals surface area contributed by atoms with Crippen molar-refractivity contribution < 1.29 is 0 Å². The lowest BCUT2D eigenvalue weighted by Gasteiger charge is -2.24. The number of fused-ring (bicyclic) bond motifs is 1. The molecule has 0 atom stereocenters. The van der Waals surface area contributed by atoms with E-state index < -0.39 is 0 Å². The zero-order valence-corrected chi connectivity index (χ0v) is 23.1. The second-order valence-corrected chi connectivity index (χ2v) is 10.9. The topological polar surface area (TPSA) is 17.8 Å². The number of para-hydroxylation sites is 2. The van der Waals surface area contributed by atoms with Gasteiger partial charge in [0.2, 0.25) is 0 Å². The summed E-state index contributed by atoms with van der Waals surface area (Å²) in [7, 11) is 0. The monoisotopic (exact) mass is 506 g/mol. The number of benzene rings is 5. The van der Waals surface area contributed by atoms with Crippen LogP contribution in [0.4, 0.5) is 0 Å². The van der Waals surface area contributed by atoms with Crippen LogP contribution in [0.5, 0.6) is 0 Å². The average molecular weight is 507 g/mol. The number of imidazole rings is 1. The normalized spacial score (nSPS) is 11.5.